The van der Waals surface area contributed by atoms with Gasteiger partial charge in [-0.25, -0.2) is 0 Å². The second-order valence-electron chi connectivity index (χ2n) is 2.88. The van der Waals surface area contributed by atoms with Gasteiger partial charge < -0.3 is 10.4 Å². The van der Waals surface area contributed by atoms with E-state index in [1.54, 1.807) is 17.1 Å². The first-order valence-electron chi connectivity index (χ1n) is 4.22. The molecule has 13 heavy (non-hydrogen) atoms. The first kappa shape index (κ1) is 10.5. The van der Waals surface area contributed by atoms with Gasteiger partial charge in [-0.1, -0.05) is 11.6 Å². The highest BCUT2D eigenvalue weighted by molar-refractivity contribution is 6.30. The zero-order valence-corrected chi connectivity index (χ0v) is 8.33. The van der Waals surface area contributed by atoms with Crippen LogP contribution in [0.3, 0.4) is 0 Å². The maximum absolute atomic E-state index is 8.89. The van der Waals surface area contributed by atoms with Gasteiger partial charge in [0.2, 0.25) is 0 Å². The van der Waals surface area contributed by atoms with Crippen LogP contribution in [0.2, 0.25) is 5.02 Å². The van der Waals surface area contributed by atoms with E-state index in [4.69, 9.17) is 16.7 Å². The number of nitrogens with zero attached hydrogens (tertiary/aromatic N) is 2. The number of nitrogens with one attached hydrogen (secondary N) is 1. The van der Waals surface area contributed by atoms with Crippen molar-refractivity contribution in [3.8, 4) is 0 Å². The quantitative estimate of drug-likeness (QED) is 0.733. The molecule has 0 aliphatic heterocycles. The Labute approximate surface area is 82.5 Å². The normalized spacial score (nSPS) is 13.2. The molecule has 0 saturated heterocycles. The van der Waals surface area contributed by atoms with Crippen molar-refractivity contribution in [2.75, 3.05) is 13.7 Å². The Morgan fingerprint density at radius 3 is 3.00 bits per heavy atom. The van der Waals surface area contributed by atoms with Crippen molar-refractivity contribution in [1.82, 2.24) is 15.1 Å². The van der Waals surface area contributed by atoms with Crippen molar-refractivity contribution in [1.29, 1.82) is 0 Å². The number of rotatable bonds is 5. The average Bonchev–Trinajstić information content (AvgIpc) is 2.53. The maximum Gasteiger partial charge on any atom is 0.0785 e. The van der Waals surface area contributed by atoms with Gasteiger partial charge in [0.1, 0.15) is 0 Å². The lowest BCUT2D eigenvalue weighted by atomic mass is 10.2. The molecule has 0 fully saturated rings. The van der Waals surface area contributed by atoms with Gasteiger partial charge in [-0.2, -0.15) is 5.10 Å². The van der Waals surface area contributed by atoms with E-state index in [-0.39, 0.29) is 12.6 Å². The van der Waals surface area contributed by atoms with Crippen LogP contribution < -0.4 is 5.32 Å². The standard InChI is InChI=1S/C8H14ClN3O/c1-10-8(6-13)2-3-12-5-7(9)4-11-12/h4-5,8,10,13H,2-3,6H2,1H3. The molecule has 1 heterocycles. The number of aliphatic hydroxyl groups is 1. The van der Waals surface area contributed by atoms with Crippen LogP contribution in [-0.2, 0) is 6.54 Å². The highest BCUT2D eigenvalue weighted by Gasteiger charge is 2.04. The number of likely N-dealkylation sites (N-methyl/N-ethyl adjacent to an activating group) is 1. The molecule has 0 aromatic carbocycles. The van der Waals surface area contributed by atoms with Crippen LogP contribution in [0.5, 0.6) is 0 Å². The van der Waals surface area contributed by atoms with Crippen molar-refractivity contribution in [3.63, 3.8) is 0 Å². The molecule has 4 nitrogen and oxygen atoms in total. The molecular formula is C8H14ClN3O. The Bertz CT molecular complexity index is 247. The summed E-state index contributed by atoms with van der Waals surface area (Å²) in [5, 5.41) is 16.6. The molecular weight excluding hydrogens is 190 g/mol. The van der Waals surface area contributed by atoms with E-state index in [9.17, 15) is 0 Å². The smallest absolute Gasteiger partial charge is 0.0785 e. The molecule has 1 atom stereocenters. The fraction of sp³-hybridized carbons (Fsp3) is 0.625. The highest BCUT2D eigenvalue weighted by Crippen LogP contribution is 2.05. The largest absolute Gasteiger partial charge is 0.395 e. The van der Waals surface area contributed by atoms with E-state index < -0.39 is 0 Å². The Morgan fingerprint density at radius 2 is 2.54 bits per heavy atom. The molecule has 1 aromatic heterocycles. The fourth-order valence-electron chi connectivity index (χ4n) is 1.08. The van der Waals surface area contributed by atoms with Gasteiger partial charge in [0.25, 0.3) is 0 Å². The first-order chi connectivity index (χ1) is 6.26. The predicted molar refractivity (Wildman–Crippen MR) is 51.8 cm³/mol. The van der Waals surface area contributed by atoms with Crippen LogP contribution in [0.4, 0.5) is 0 Å². The Hall–Kier alpha value is -0.580. The first-order valence-corrected chi connectivity index (χ1v) is 4.60. The minimum atomic E-state index is 0.128. The summed E-state index contributed by atoms with van der Waals surface area (Å²) in [5.41, 5.74) is 0. The van der Waals surface area contributed by atoms with Gasteiger partial charge in [0.15, 0.2) is 0 Å². The molecule has 74 valence electrons. The van der Waals surface area contributed by atoms with E-state index in [0.29, 0.717) is 5.02 Å². The minimum Gasteiger partial charge on any atom is -0.395 e. The van der Waals surface area contributed by atoms with Crippen LogP contribution in [-0.4, -0.2) is 34.6 Å². The molecule has 0 radical (unpaired) electrons. The van der Waals surface area contributed by atoms with E-state index in [2.05, 4.69) is 10.4 Å². The van der Waals surface area contributed by atoms with E-state index in [1.165, 1.54) is 0 Å². The van der Waals surface area contributed by atoms with Crippen LogP contribution >= 0.6 is 11.6 Å². The summed E-state index contributed by atoms with van der Waals surface area (Å²) < 4.78 is 1.77. The third-order valence-electron chi connectivity index (χ3n) is 1.94. The Balaban J connectivity index is 2.33. The van der Waals surface area contributed by atoms with Gasteiger partial charge in [0, 0.05) is 18.8 Å². The van der Waals surface area contributed by atoms with Crippen molar-refractivity contribution in [2.45, 2.75) is 19.0 Å². The topological polar surface area (TPSA) is 50.1 Å². The van der Waals surface area contributed by atoms with Gasteiger partial charge in [0.05, 0.1) is 17.8 Å². The monoisotopic (exact) mass is 203 g/mol. The molecule has 0 spiro atoms. The van der Waals surface area contributed by atoms with Crippen LogP contribution in [0.15, 0.2) is 12.4 Å². The molecule has 0 bridgehead atoms. The van der Waals surface area contributed by atoms with Crippen molar-refractivity contribution in [3.05, 3.63) is 17.4 Å². The molecule has 0 amide bonds. The summed E-state index contributed by atoms with van der Waals surface area (Å²) in [5.74, 6) is 0. The molecule has 1 unspecified atom stereocenters. The van der Waals surface area contributed by atoms with Gasteiger partial charge >= 0.3 is 0 Å². The molecule has 5 heteroatoms. The van der Waals surface area contributed by atoms with Gasteiger partial charge in [-0.05, 0) is 13.5 Å². The van der Waals surface area contributed by atoms with E-state index in [0.717, 1.165) is 13.0 Å². The lowest BCUT2D eigenvalue weighted by Crippen LogP contribution is -2.30. The summed E-state index contributed by atoms with van der Waals surface area (Å²) >= 11 is 5.70. The van der Waals surface area contributed by atoms with Crippen LogP contribution in [0, 0.1) is 0 Å². The Kier molecular flexibility index (Phi) is 4.21. The summed E-state index contributed by atoms with van der Waals surface area (Å²) in [7, 11) is 1.83. The third-order valence-corrected chi connectivity index (χ3v) is 2.13. The lowest BCUT2D eigenvalue weighted by molar-refractivity contribution is 0.236. The number of aromatic nitrogens is 2. The van der Waals surface area contributed by atoms with Crippen molar-refractivity contribution in [2.24, 2.45) is 0 Å². The molecule has 1 rings (SSSR count). The predicted octanol–water partition coefficient (Wildman–Crippen LogP) is 0.507. The minimum absolute atomic E-state index is 0.128. The number of aliphatic hydroxyl groups excluding tert-OH is 1. The van der Waals surface area contributed by atoms with Crippen LogP contribution in [0.25, 0.3) is 0 Å². The SMILES string of the molecule is CNC(CO)CCn1cc(Cl)cn1. The average molecular weight is 204 g/mol. The number of hydrogen-bond acceptors (Lipinski definition) is 3. The highest BCUT2D eigenvalue weighted by atomic mass is 35.5. The molecule has 0 aliphatic rings. The summed E-state index contributed by atoms with van der Waals surface area (Å²) in [6, 6.07) is 0.128. The zero-order chi connectivity index (χ0) is 9.68. The summed E-state index contributed by atoms with van der Waals surface area (Å²) in [4.78, 5) is 0. The molecule has 0 saturated carbocycles. The molecule has 0 aliphatic carbocycles. The second kappa shape index (κ2) is 5.21. The van der Waals surface area contributed by atoms with Gasteiger partial charge in [-0.15, -0.1) is 0 Å². The lowest BCUT2D eigenvalue weighted by Gasteiger charge is -2.12. The number of hydrogen-bond donors (Lipinski definition) is 2. The number of halogens is 1. The van der Waals surface area contributed by atoms with Crippen molar-refractivity contribution < 1.29 is 5.11 Å². The fourth-order valence-corrected chi connectivity index (χ4v) is 1.23. The second-order valence-corrected chi connectivity index (χ2v) is 3.31. The number of aryl methyl sites for hydroxylation is 1. The van der Waals surface area contributed by atoms with Crippen molar-refractivity contribution >= 4 is 11.6 Å². The Morgan fingerprint density at radius 1 is 1.77 bits per heavy atom. The third kappa shape index (κ3) is 3.34. The maximum atomic E-state index is 8.89. The van der Waals surface area contributed by atoms with Gasteiger partial charge in [-0.3, -0.25) is 4.68 Å². The summed E-state index contributed by atoms with van der Waals surface area (Å²) in [6.07, 6.45) is 4.21. The molecule has 1 aromatic rings. The summed E-state index contributed by atoms with van der Waals surface area (Å²) in [6.45, 7) is 0.907. The van der Waals surface area contributed by atoms with Crippen LogP contribution in [0.1, 0.15) is 6.42 Å². The van der Waals surface area contributed by atoms with E-state index >= 15 is 0 Å². The zero-order valence-electron chi connectivity index (χ0n) is 7.57. The van der Waals surface area contributed by atoms with E-state index in [1.807, 2.05) is 7.05 Å². The molecule has 2 N–H and O–H groups in total.